The van der Waals surface area contributed by atoms with Crippen LogP contribution in [0.4, 0.5) is 0 Å². The van der Waals surface area contributed by atoms with Gasteiger partial charge in [0.1, 0.15) is 5.84 Å². The Bertz CT molecular complexity index is 309. The fraction of sp³-hybridized carbons (Fsp3) is 0.500. The standard InChI is InChI=1S/C8H12N4.BrH/c1-5-7(6(2)12-11-5)8-9-3-4-10-8;/h3-4H2,1-2H3,(H,9,10)(H,11,12);1H. The van der Waals surface area contributed by atoms with Crippen LogP contribution in [0.15, 0.2) is 4.99 Å². The van der Waals surface area contributed by atoms with Gasteiger partial charge in [0.15, 0.2) is 0 Å². The maximum Gasteiger partial charge on any atom is 0.132 e. The lowest BCUT2D eigenvalue weighted by Crippen LogP contribution is -2.20. The number of nitrogens with zero attached hydrogens (tertiary/aromatic N) is 2. The number of aliphatic imine (C=N–C) groups is 1. The Balaban J connectivity index is 0.000000845. The molecule has 0 saturated carbocycles. The van der Waals surface area contributed by atoms with Gasteiger partial charge in [-0.2, -0.15) is 5.10 Å². The second kappa shape index (κ2) is 3.91. The topological polar surface area (TPSA) is 53.1 Å². The molecule has 0 unspecified atom stereocenters. The second-order valence-electron chi connectivity index (χ2n) is 2.97. The van der Waals surface area contributed by atoms with E-state index in [4.69, 9.17) is 0 Å². The number of rotatable bonds is 1. The van der Waals surface area contributed by atoms with Crippen molar-refractivity contribution in [2.24, 2.45) is 4.99 Å². The number of aryl methyl sites for hydroxylation is 2. The fourth-order valence-corrected chi connectivity index (χ4v) is 1.47. The molecule has 2 rings (SSSR count). The molecule has 0 amide bonds. The Morgan fingerprint density at radius 1 is 1.31 bits per heavy atom. The van der Waals surface area contributed by atoms with Crippen molar-refractivity contribution in [3.8, 4) is 0 Å². The molecule has 2 N–H and O–H groups in total. The van der Waals surface area contributed by atoms with Crippen molar-refractivity contribution < 1.29 is 0 Å². The lowest BCUT2D eigenvalue weighted by molar-refractivity contribution is 0.959. The molecule has 2 heterocycles. The van der Waals surface area contributed by atoms with Gasteiger partial charge in [0.05, 0.1) is 17.8 Å². The van der Waals surface area contributed by atoms with Crippen LogP contribution in [-0.2, 0) is 0 Å². The van der Waals surface area contributed by atoms with E-state index in [1.807, 2.05) is 13.8 Å². The van der Waals surface area contributed by atoms with Crippen molar-refractivity contribution in [1.29, 1.82) is 0 Å². The molecule has 0 fully saturated rings. The maximum atomic E-state index is 4.35. The molecule has 72 valence electrons. The van der Waals surface area contributed by atoms with Crippen molar-refractivity contribution >= 4 is 22.8 Å². The van der Waals surface area contributed by atoms with E-state index in [1.165, 1.54) is 0 Å². The van der Waals surface area contributed by atoms with Crippen LogP contribution in [0.5, 0.6) is 0 Å². The largest absolute Gasteiger partial charge is 0.368 e. The third-order valence-electron chi connectivity index (χ3n) is 2.04. The van der Waals surface area contributed by atoms with Gasteiger partial charge in [0, 0.05) is 12.2 Å². The molecule has 4 nitrogen and oxygen atoms in total. The predicted octanol–water partition coefficient (Wildman–Crippen LogP) is 0.954. The van der Waals surface area contributed by atoms with E-state index < -0.39 is 0 Å². The maximum absolute atomic E-state index is 4.35. The summed E-state index contributed by atoms with van der Waals surface area (Å²) >= 11 is 0. The van der Waals surface area contributed by atoms with Gasteiger partial charge in [-0.25, -0.2) is 0 Å². The summed E-state index contributed by atoms with van der Waals surface area (Å²) in [6.07, 6.45) is 0. The van der Waals surface area contributed by atoms with Crippen molar-refractivity contribution in [2.75, 3.05) is 13.1 Å². The summed E-state index contributed by atoms with van der Waals surface area (Å²) in [5.41, 5.74) is 3.23. The zero-order chi connectivity index (χ0) is 8.55. The second-order valence-corrected chi connectivity index (χ2v) is 2.97. The molecule has 0 spiro atoms. The van der Waals surface area contributed by atoms with Crippen molar-refractivity contribution in [3.05, 3.63) is 17.0 Å². The van der Waals surface area contributed by atoms with Gasteiger partial charge >= 0.3 is 0 Å². The van der Waals surface area contributed by atoms with E-state index in [2.05, 4.69) is 20.5 Å². The van der Waals surface area contributed by atoms with Crippen molar-refractivity contribution in [3.63, 3.8) is 0 Å². The summed E-state index contributed by atoms with van der Waals surface area (Å²) in [7, 11) is 0. The van der Waals surface area contributed by atoms with Crippen LogP contribution < -0.4 is 5.32 Å². The molecular formula is C8H13BrN4. The number of nitrogens with one attached hydrogen (secondary N) is 2. The lowest BCUT2D eigenvalue weighted by Gasteiger charge is -2.00. The zero-order valence-corrected chi connectivity index (χ0v) is 9.43. The number of amidine groups is 1. The van der Waals surface area contributed by atoms with Crippen LogP contribution >= 0.6 is 17.0 Å². The van der Waals surface area contributed by atoms with Crippen LogP contribution in [0, 0.1) is 13.8 Å². The van der Waals surface area contributed by atoms with Crippen molar-refractivity contribution in [1.82, 2.24) is 15.5 Å². The first-order valence-corrected chi connectivity index (χ1v) is 4.09. The van der Waals surface area contributed by atoms with E-state index in [0.29, 0.717) is 0 Å². The van der Waals surface area contributed by atoms with E-state index >= 15 is 0 Å². The summed E-state index contributed by atoms with van der Waals surface area (Å²) in [4.78, 5) is 4.35. The molecular weight excluding hydrogens is 232 g/mol. The van der Waals surface area contributed by atoms with Gasteiger partial charge in [0.25, 0.3) is 0 Å². The molecule has 1 aliphatic rings. The summed E-state index contributed by atoms with van der Waals surface area (Å²) in [5, 5.41) is 10.3. The van der Waals surface area contributed by atoms with Gasteiger partial charge in [-0.15, -0.1) is 17.0 Å². The van der Waals surface area contributed by atoms with Gasteiger partial charge < -0.3 is 5.32 Å². The van der Waals surface area contributed by atoms with Crippen LogP contribution in [0.25, 0.3) is 0 Å². The van der Waals surface area contributed by atoms with Crippen LogP contribution in [0.2, 0.25) is 0 Å². The molecule has 5 heteroatoms. The summed E-state index contributed by atoms with van der Waals surface area (Å²) in [5.74, 6) is 0.985. The summed E-state index contributed by atoms with van der Waals surface area (Å²) in [6.45, 7) is 5.82. The first-order valence-electron chi connectivity index (χ1n) is 4.09. The van der Waals surface area contributed by atoms with Crippen LogP contribution in [-0.4, -0.2) is 29.1 Å². The quantitative estimate of drug-likeness (QED) is 0.774. The van der Waals surface area contributed by atoms with Crippen LogP contribution in [0.3, 0.4) is 0 Å². The minimum Gasteiger partial charge on any atom is -0.368 e. The summed E-state index contributed by atoms with van der Waals surface area (Å²) in [6, 6.07) is 0. The summed E-state index contributed by atoms with van der Waals surface area (Å²) < 4.78 is 0. The minimum absolute atomic E-state index is 0. The molecule has 1 aliphatic heterocycles. The predicted molar refractivity (Wildman–Crippen MR) is 57.8 cm³/mol. The van der Waals surface area contributed by atoms with Gasteiger partial charge in [-0.05, 0) is 13.8 Å². The average molecular weight is 245 g/mol. The van der Waals surface area contributed by atoms with Gasteiger partial charge in [0.2, 0.25) is 0 Å². The van der Waals surface area contributed by atoms with E-state index in [-0.39, 0.29) is 17.0 Å². The average Bonchev–Trinajstić information content (AvgIpc) is 2.61. The molecule has 1 aromatic heterocycles. The molecule has 0 atom stereocenters. The van der Waals surface area contributed by atoms with Crippen LogP contribution in [0.1, 0.15) is 17.0 Å². The Morgan fingerprint density at radius 2 is 2.08 bits per heavy atom. The Hall–Kier alpha value is -0.840. The Kier molecular flexibility index (Phi) is 3.08. The first-order chi connectivity index (χ1) is 5.79. The minimum atomic E-state index is 0. The van der Waals surface area contributed by atoms with E-state index in [0.717, 1.165) is 35.9 Å². The number of aromatic nitrogens is 2. The first kappa shape index (κ1) is 10.2. The SMILES string of the molecule is Br.Cc1n[nH]c(C)c1C1=NCCN1. The Labute approximate surface area is 87.6 Å². The highest BCUT2D eigenvalue weighted by atomic mass is 79.9. The smallest absolute Gasteiger partial charge is 0.132 e. The van der Waals surface area contributed by atoms with Gasteiger partial charge in [-0.3, -0.25) is 10.1 Å². The number of aromatic amines is 1. The fourth-order valence-electron chi connectivity index (χ4n) is 1.47. The third-order valence-corrected chi connectivity index (χ3v) is 2.04. The number of hydrogen-bond donors (Lipinski definition) is 2. The van der Waals surface area contributed by atoms with E-state index in [1.54, 1.807) is 0 Å². The highest BCUT2D eigenvalue weighted by Gasteiger charge is 2.15. The van der Waals surface area contributed by atoms with E-state index in [9.17, 15) is 0 Å². The molecule has 0 aliphatic carbocycles. The number of halogens is 1. The van der Waals surface area contributed by atoms with Gasteiger partial charge in [-0.1, -0.05) is 0 Å². The lowest BCUT2D eigenvalue weighted by atomic mass is 10.2. The molecule has 0 saturated heterocycles. The third kappa shape index (κ3) is 1.75. The highest BCUT2D eigenvalue weighted by Crippen LogP contribution is 2.10. The monoisotopic (exact) mass is 244 g/mol. The molecule has 1 aromatic rings. The Morgan fingerprint density at radius 3 is 2.54 bits per heavy atom. The molecule has 0 radical (unpaired) electrons. The number of H-pyrrole nitrogens is 1. The van der Waals surface area contributed by atoms with Crippen molar-refractivity contribution in [2.45, 2.75) is 13.8 Å². The molecule has 13 heavy (non-hydrogen) atoms. The molecule has 0 aromatic carbocycles. The normalized spacial score (nSPS) is 14.8. The zero-order valence-electron chi connectivity index (χ0n) is 7.72. The molecule has 0 bridgehead atoms. The number of hydrogen-bond acceptors (Lipinski definition) is 3. The highest BCUT2D eigenvalue weighted by molar-refractivity contribution is 8.93.